The molecule has 6 amide bonds. The summed E-state index contributed by atoms with van der Waals surface area (Å²) < 4.78 is 21.4. The lowest BCUT2D eigenvalue weighted by Crippen LogP contribution is -2.52. The Morgan fingerprint density at radius 2 is 1.52 bits per heavy atom. The summed E-state index contributed by atoms with van der Waals surface area (Å²) in [5, 5.41) is 13.1. The molecular weight excluding hydrogens is 789 g/mol. The Morgan fingerprint density at radius 1 is 0.803 bits per heavy atom. The Labute approximate surface area is 355 Å². The number of hydrogen-bond acceptors (Lipinski definition) is 11. The van der Waals surface area contributed by atoms with Crippen molar-refractivity contribution in [2.75, 3.05) is 38.1 Å². The average Bonchev–Trinajstić information content (AvgIpc) is 3.73. The Balaban J connectivity index is 1.45. The van der Waals surface area contributed by atoms with Crippen LogP contribution < -0.4 is 31.3 Å². The average molecular weight is 845 g/mol. The van der Waals surface area contributed by atoms with Crippen molar-refractivity contribution in [3.63, 3.8) is 0 Å². The first-order chi connectivity index (χ1) is 29.2. The third-order valence-electron chi connectivity index (χ3n) is 9.13. The van der Waals surface area contributed by atoms with Gasteiger partial charge in [0.1, 0.15) is 43.2 Å². The fourth-order valence-electron chi connectivity index (χ4n) is 6.24. The Bertz CT molecular complexity index is 1960. The maximum absolute atomic E-state index is 14.1. The second kappa shape index (κ2) is 23.8. The zero-order chi connectivity index (χ0) is 44.2. The summed E-state index contributed by atoms with van der Waals surface area (Å²) in [6, 6.07) is 20.8. The number of para-hydroxylation sites is 1. The van der Waals surface area contributed by atoms with Gasteiger partial charge in [0.25, 0.3) is 5.91 Å². The van der Waals surface area contributed by atoms with E-state index in [0.29, 0.717) is 37.0 Å². The number of nitrogens with one attached hydrogen (secondary N) is 5. The first-order valence-electron chi connectivity index (χ1n) is 20.3. The van der Waals surface area contributed by atoms with Crippen LogP contribution in [0.3, 0.4) is 0 Å². The lowest BCUT2D eigenvalue weighted by molar-refractivity contribution is -0.143. The van der Waals surface area contributed by atoms with E-state index in [4.69, 9.17) is 18.9 Å². The molecule has 0 unspecified atom stereocenters. The zero-order valence-corrected chi connectivity index (χ0v) is 35.1. The van der Waals surface area contributed by atoms with Gasteiger partial charge < -0.3 is 50.4 Å². The maximum atomic E-state index is 14.1. The van der Waals surface area contributed by atoms with Crippen LogP contribution in [0.4, 0.5) is 15.3 Å². The van der Waals surface area contributed by atoms with Crippen LogP contribution in [0.5, 0.6) is 5.75 Å². The number of alkyl carbamates (subject to hydrolysis) is 2. The molecule has 1 heterocycles. The monoisotopic (exact) mass is 844 g/mol. The molecule has 0 bridgehead atoms. The number of esters is 1. The number of rotatable bonds is 20. The molecule has 328 valence electrons. The van der Waals surface area contributed by atoms with Crippen molar-refractivity contribution < 1.29 is 52.5 Å². The second-order valence-electron chi connectivity index (χ2n) is 15.1. The number of anilines is 1. The largest absolute Gasteiger partial charge is 0.489 e. The number of carbonyl (C=O) groups is 7. The molecule has 0 saturated carbocycles. The molecule has 3 aromatic rings. The van der Waals surface area contributed by atoms with E-state index in [1.165, 1.54) is 11.0 Å². The number of carbonyl (C=O) groups excluding carboxylic acids is 7. The topological polar surface area (TPSA) is 220 Å². The van der Waals surface area contributed by atoms with Crippen molar-refractivity contribution in [2.45, 2.75) is 90.7 Å². The molecule has 0 radical (unpaired) electrons. The van der Waals surface area contributed by atoms with E-state index in [-0.39, 0.29) is 57.1 Å². The summed E-state index contributed by atoms with van der Waals surface area (Å²) in [4.78, 5) is 92.0. The van der Waals surface area contributed by atoms with Crippen molar-refractivity contribution >= 4 is 47.5 Å². The highest BCUT2D eigenvalue weighted by Crippen LogP contribution is 2.24. The summed E-state index contributed by atoms with van der Waals surface area (Å²) in [5.41, 5.74) is 0.930. The molecule has 5 N–H and O–H groups in total. The Morgan fingerprint density at radius 3 is 2.23 bits per heavy atom. The number of benzene rings is 3. The molecule has 1 aliphatic rings. The van der Waals surface area contributed by atoms with Gasteiger partial charge >= 0.3 is 18.2 Å². The molecule has 61 heavy (non-hydrogen) atoms. The molecule has 17 nitrogen and oxygen atoms in total. The fraction of sp³-hybridized carbons (Fsp3) is 0.432. The molecule has 17 heteroatoms. The van der Waals surface area contributed by atoms with Crippen molar-refractivity contribution in [3.8, 4) is 5.75 Å². The summed E-state index contributed by atoms with van der Waals surface area (Å²) in [6.45, 7) is 6.79. The quantitative estimate of drug-likeness (QED) is 0.0602. The number of amides is 6. The van der Waals surface area contributed by atoms with Crippen LogP contribution in [0.2, 0.25) is 0 Å². The minimum Gasteiger partial charge on any atom is -0.489 e. The van der Waals surface area contributed by atoms with E-state index >= 15 is 0 Å². The molecule has 4 rings (SSSR count). The molecule has 3 aromatic carbocycles. The minimum atomic E-state index is -1.04. The van der Waals surface area contributed by atoms with E-state index in [9.17, 15) is 33.6 Å². The van der Waals surface area contributed by atoms with Gasteiger partial charge in [0, 0.05) is 29.9 Å². The lowest BCUT2D eigenvalue weighted by atomic mass is 10.1. The number of nitrogens with zero attached hydrogens (tertiary/aromatic N) is 1. The van der Waals surface area contributed by atoms with Crippen LogP contribution in [-0.4, -0.2) is 97.2 Å². The van der Waals surface area contributed by atoms with Crippen LogP contribution in [0.1, 0.15) is 81.3 Å². The van der Waals surface area contributed by atoms with Gasteiger partial charge in [-0.3, -0.25) is 24.0 Å². The molecule has 0 spiro atoms. The normalized spacial score (nSPS) is 13.8. The van der Waals surface area contributed by atoms with Crippen molar-refractivity contribution in [1.82, 2.24) is 26.2 Å². The van der Waals surface area contributed by atoms with E-state index in [1.807, 2.05) is 24.3 Å². The van der Waals surface area contributed by atoms with Gasteiger partial charge in [0.05, 0.1) is 13.2 Å². The van der Waals surface area contributed by atoms with E-state index in [0.717, 1.165) is 5.56 Å². The SMILES string of the molecule is CCOC(=O)CNC(=O)CNC(=O)c1cc(NC(=O)[C@@H]2CCCN2C(=O)[C@H](CCCCNC(=O)OC(C)(C)C)NC(=O)OCc2ccccc2)ccc1COc1ccccc1. The molecule has 1 fully saturated rings. The predicted octanol–water partition coefficient (Wildman–Crippen LogP) is 4.59. The summed E-state index contributed by atoms with van der Waals surface area (Å²) in [7, 11) is 0. The van der Waals surface area contributed by atoms with Gasteiger partial charge in [0.15, 0.2) is 0 Å². The van der Waals surface area contributed by atoms with Crippen LogP contribution in [0.25, 0.3) is 0 Å². The van der Waals surface area contributed by atoms with E-state index in [1.54, 1.807) is 76.2 Å². The highest BCUT2D eigenvalue weighted by molar-refractivity contribution is 6.02. The molecular formula is C44H56N6O11. The van der Waals surface area contributed by atoms with Gasteiger partial charge in [-0.1, -0.05) is 54.6 Å². The predicted molar refractivity (Wildman–Crippen MR) is 224 cm³/mol. The number of hydrogen-bond donors (Lipinski definition) is 5. The third-order valence-corrected chi connectivity index (χ3v) is 9.13. The molecule has 1 saturated heterocycles. The first kappa shape index (κ1) is 47.0. The molecule has 1 aliphatic heterocycles. The molecule has 0 aromatic heterocycles. The Hall–Kier alpha value is -6.65. The fourth-order valence-corrected chi connectivity index (χ4v) is 6.24. The van der Waals surface area contributed by atoms with Gasteiger partial charge in [-0.25, -0.2) is 9.59 Å². The van der Waals surface area contributed by atoms with Crippen molar-refractivity contribution in [2.24, 2.45) is 0 Å². The van der Waals surface area contributed by atoms with E-state index < -0.39 is 66.0 Å². The highest BCUT2D eigenvalue weighted by Gasteiger charge is 2.38. The highest BCUT2D eigenvalue weighted by atomic mass is 16.6. The summed E-state index contributed by atoms with van der Waals surface area (Å²) >= 11 is 0. The van der Waals surface area contributed by atoms with Gasteiger partial charge in [-0.2, -0.15) is 0 Å². The smallest absolute Gasteiger partial charge is 0.408 e. The lowest BCUT2D eigenvalue weighted by Gasteiger charge is -2.28. The summed E-state index contributed by atoms with van der Waals surface area (Å²) in [6.07, 6.45) is 0.629. The number of likely N-dealkylation sites (tertiary alicyclic amines) is 1. The maximum Gasteiger partial charge on any atom is 0.408 e. The van der Waals surface area contributed by atoms with Crippen LogP contribution in [-0.2, 0) is 46.6 Å². The summed E-state index contributed by atoms with van der Waals surface area (Å²) in [5.74, 6) is -2.29. The molecule has 2 atom stereocenters. The van der Waals surface area contributed by atoms with Crippen molar-refractivity contribution in [3.05, 3.63) is 95.6 Å². The number of ether oxygens (including phenoxy) is 4. The minimum absolute atomic E-state index is 0.0119. The van der Waals surface area contributed by atoms with Gasteiger partial charge in [-0.15, -0.1) is 0 Å². The van der Waals surface area contributed by atoms with Crippen LogP contribution >= 0.6 is 0 Å². The van der Waals surface area contributed by atoms with Crippen molar-refractivity contribution in [1.29, 1.82) is 0 Å². The van der Waals surface area contributed by atoms with Gasteiger partial charge in [0.2, 0.25) is 17.7 Å². The van der Waals surface area contributed by atoms with Gasteiger partial charge in [-0.05, 0) is 89.6 Å². The van der Waals surface area contributed by atoms with Crippen LogP contribution in [0.15, 0.2) is 78.9 Å². The second-order valence-corrected chi connectivity index (χ2v) is 15.1. The molecule has 0 aliphatic carbocycles. The number of unbranched alkanes of at least 4 members (excludes halogenated alkanes) is 1. The Kier molecular flexibility index (Phi) is 18.4. The standard InChI is InChI=1S/C44H56N6O11/c1-5-58-38(52)27-46-37(51)26-47-39(53)34-25-32(22-21-31(34)29-59-33-17-10-7-11-18-33)48-40(54)36-20-14-24-50(36)41(55)35(19-12-13-23-45-42(56)61-44(2,3)4)49-43(57)60-28-30-15-8-6-9-16-30/h6-11,15-18,21-22,25,35-36H,5,12-14,19-20,23-24,26-29H2,1-4H3,(H,45,56)(H,46,51)(H,47,53)(H,48,54)(H,49,57)/t35-,36-/m0/s1. The zero-order valence-electron chi connectivity index (χ0n) is 35.1. The third kappa shape index (κ3) is 16.5. The van der Waals surface area contributed by atoms with Crippen LogP contribution in [0, 0.1) is 0 Å². The van der Waals surface area contributed by atoms with E-state index in [2.05, 4.69) is 26.6 Å². The first-order valence-corrected chi connectivity index (χ1v) is 20.3.